The average Bonchev–Trinajstić information content (AvgIpc) is 3.16. The predicted molar refractivity (Wildman–Crippen MR) is 102 cm³/mol. The highest BCUT2D eigenvalue weighted by Crippen LogP contribution is 2.19. The summed E-state index contributed by atoms with van der Waals surface area (Å²) in [5, 5.41) is 7.40. The van der Waals surface area contributed by atoms with Crippen LogP contribution in [0.4, 0.5) is 0 Å². The molecule has 0 atom stereocenters. The van der Waals surface area contributed by atoms with Gasteiger partial charge in [0.1, 0.15) is 18.1 Å². The number of aromatic amines is 1. The van der Waals surface area contributed by atoms with Gasteiger partial charge >= 0.3 is 0 Å². The van der Waals surface area contributed by atoms with E-state index < -0.39 is 11.8 Å². The SMILES string of the molecule is Cc1cc(C(=O)NNC(=O)Cn2c(-c3ccc(Cl)cc3)n[nH]c2=S)c(C)o1. The number of nitrogens with one attached hydrogen (secondary N) is 3. The van der Waals surface area contributed by atoms with Gasteiger partial charge in [-0.1, -0.05) is 11.6 Å². The smallest absolute Gasteiger partial charge is 0.273 e. The van der Waals surface area contributed by atoms with Crippen molar-refractivity contribution in [3.05, 3.63) is 57.2 Å². The molecule has 0 saturated heterocycles. The number of carbonyl (C=O) groups is 2. The van der Waals surface area contributed by atoms with Crippen LogP contribution in [0.25, 0.3) is 11.4 Å². The minimum absolute atomic E-state index is 0.128. The summed E-state index contributed by atoms with van der Waals surface area (Å²) in [5.41, 5.74) is 5.82. The van der Waals surface area contributed by atoms with Crippen LogP contribution in [0.3, 0.4) is 0 Å². The van der Waals surface area contributed by atoms with Crippen LogP contribution >= 0.6 is 23.8 Å². The first kappa shape index (κ1) is 18.9. The summed E-state index contributed by atoms with van der Waals surface area (Å²) in [6.45, 7) is 3.28. The number of rotatable bonds is 4. The number of amides is 2. The van der Waals surface area contributed by atoms with Gasteiger partial charge in [-0.15, -0.1) is 0 Å². The molecule has 1 aromatic carbocycles. The van der Waals surface area contributed by atoms with Gasteiger partial charge in [0.15, 0.2) is 10.6 Å². The largest absolute Gasteiger partial charge is 0.466 e. The molecular weight excluding hydrogens is 390 g/mol. The molecule has 2 amide bonds. The van der Waals surface area contributed by atoms with Crippen molar-refractivity contribution in [1.82, 2.24) is 25.6 Å². The second-order valence-corrected chi connectivity index (χ2v) is 6.60. The predicted octanol–water partition coefficient (Wildman–Crippen LogP) is 2.93. The van der Waals surface area contributed by atoms with Gasteiger partial charge < -0.3 is 4.42 Å². The van der Waals surface area contributed by atoms with E-state index in [9.17, 15) is 9.59 Å². The zero-order valence-corrected chi connectivity index (χ0v) is 16.1. The van der Waals surface area contributed by atoms with E-state index in [0.717, 1.165) is 5.56 Å². The normalized spacial score (nSPS) is 10.6. The summed E-state index contributed by atoms with van der Waals surface area (Å²) in [6, 6.07) is 8.57. The highest BCUT2D eigenvalue weighted by atomic mass is 35.5. The number of halogens is 1. The molecule has 0 saturated carbocycles. The van der Waals surface area contributed by atoms with Crippen LogP contribution in [0.5, 0.6) is 0 Å². The molecule has 0 aliphatic rings. The van der Waals surface area contributed by atoms with Crippen molar-refractivity contribution < 1.29 is 14.0 Å². The number of nitrogens with zero attached hydrogens (tertiary/aromatic N) is 2. The molecule has 2 aromatic heterocycles. The Morgan fingerprint density at radius 3 is 2.59 bits per heavy atom. The number of benzene rings is 1. The molecule has 0 unspecified atom stereocenters. The van der Waals surface area contributed by atoms with E-state index in [1.54, 1.807) is 44.2 Å². The highest BCUT2D eigenvalue weighted by Gasteiger charge is 2.16. The van der Waals surface area contributed by atoms with Crippen LogP contribution < -0.4 is 10.9 Å². The van der Waals surface area contributed by atoms with E-state index in [1.807, 2.05) is 0 Å². The number of furan rings is 1. The fourth-order valence-electron chi connectivity index (χ4n) is 2.52. The van der Waals surface area contributed by atoms with Crippen LogP contribution in [0.1, 0.15) is 21.9 Å². The first-order valence-corrected chi connectivity index (χ1v) is 8.71. The summed E-state index contributed by atoms with van der Waals surface area (Å²) in [7, 11) is 0. The topological polar surface area (TPSA) is 105 Å². The molecule has 10 heteroatoms. The lowest BCUT2D eigenvalue weighted by Crippen LogP contribution is -2.43. The van der Waals surface area contributed by atoms with Crippen molar-refractivity contribution in [3.8, 4) is 11.4 Å². The molecule has 140 valence electrons. The summed E-state index contributed by atoms with van der Waals surface area (Å²) < 4.78 is 7.10. The van der Waals surface area contributed by atoms with Gasteiger partial charge in [0.05, 0.1) is 5.56 Å². The lowest BCUT2D eigenvalue weighted by molar-refractivity contribution is -0.122. The minimum Gasteiger partial charge on any atom is -0.466 e. The van der Waals surface area contributed by atoms with Crippen LogP contribution in [-0.2, 0) is 11.3 Å². The third-order valence-corrected chi connectivity index (χ3v) is 4.33. The zero-order chi connectivity index (χ0) is 19.6. The first-order chi connectivity index (χ1) is 12.8. The van der Waals surface area contributed by atoms with Crippen molar-refractivity contribution in [2.75, 3.05) is 0 Å². The van der Waals surface area contributed by atoms with E-state index >= 15 is 0 Å². The summed E-state index contributed by atoms with van der Waals surface area (Å²) >= 11 is 11.1. The van der Waals surface area contributed by atoms with Crippen LogP contribution in [-0.4, -0.2) is 26.6 Å². The van der Waals surface area contributed by atoms with Gasteiger partial charge in [0.25, 0.3) is 11.8 Å². The third kappa shape index (κ3) is 4.26. The Hall–Kier alpha value is -2.91. The van der Waals surface area contributed by atoms with Crippen molar-refractivity contribution >= 4 is 35.6 Å². The second-order valence-electron chi connectivity index (χ2n) is 5.77. The molecule has 2 heterocycles. The Morgan fingerprint density at radius 2 is 1.96 bits per heavy atom. The fourth-order valence-corrected chi connectivity index (χ4v) is 2.84. The maximum atomic E-state index is 12.2. The molecule has 0 aliphatic heterocycles. The zero-order valence-electron chi connectivity index (χ0n) is 14.5. The quantitative estimate of drug-likeness (QED) is 0.457. The Kier molecular flexibility index (Phi) is 5.43. The molecule has 0 bridgehead atoms. The van der Waals surface area contributed by atoms with E-state index in [4.69, 9.17) is 28.2 Å². The van der Waals surface area contributed by atoms with E-state index in [2.05, 4.69) is 21.0 Å². The van der Waals surface area contributed by atoms with Crippen molar-refractivity contribution in [2.24, 2.45) is 0 Å². The molecule has 3 aromatic rings. The molecular formula is C17H16ClN5O3S. The van der Waals surface area contributed by atoms with Crippen molar-refractivity contribution in [2.45, 2.75) is 20.4 Å². The molecule has 0 aliphatic carbocycles. The number of carbonyl (C=O) groups excluding carboxylic acids is 2. The summed E-state index contributed by atoms with van der Waals surface area (Å²) in [6.07, 6.45) is 0. The summed E-state index contributed by atoms with van der Waals surface area (Å²) in [5.74, 6) is 0.641. The lowest BCUT2D eigenvalue weighted by Gasteiger charge is -2.09. The number of aromatic nitrogens is 3. The highest BCUT2D eigenvalue weighted by molar-refractivity contribution is 7.71. The van der Waals surface area contributed by atoms with Crippen molar-refractivity contribution in [1.29, 1.82) is 0 Å². The van der Waals surface area contributed by atoms with Gasteiger partial charge in [0.2, 0.25) is 0 Å². The Morgan fingerprint density at radius 1 is 1.26 bits per heavy atom. The Balaban J connectivity index is 1.69. The molecule has 3 rings (SSSR count). The Bertz CT molecular complexity index is 1050. The molecule has 0 fully saturated rings. The third-order valence-electron chi connectivity index (χ3n) is 3.76. The maximum absolute atomic E-state index is 12.2. The van der Waals surface area contributed by atoms with Gasteiger partial charge in [-0.3, -0.25) is 30.1 Å². The second kappa shape index (κ2) is 7.77. The van der Waals surface area contributed by atoms with Crippen molar-refractivity contribution in [3.63, 3.8) is 0 Å². The number of hydrogen-bond donors (Lipinski definition) is 3. The monoisotopic (exact) mass is 405 g/mol. The van der Waals surface area contributed by atoms with Crippen LogP contribution in [0, 0.1) is 18.6 Å². The lowest BCUT2D eigenvalue weighted by atomic mass is 10.2. The standard InChI is InChI=1S/C17H16ClN5O3S/c1-9-7-13(10(2)26-9)16(25)21-19-14(24)8-23-15(20-22-17(23)27)11-3-5-12(18)6-4-11/h3-7H,8H2,1-2H3,(H,19,24)(H,21,25)(H,22,27). The first-order valence-electron chi connectivity index (χ1n) is 7.92. The van der Waals surface area contributed by atoms with E-state index in [1.165, 1.54) is 4.57 Å². The molecule has 27 heavy (non-hydrogen) atoms. The number of aryl methyl sites for hydroxylation is 2. The van der Waals surface area contributed by atoms with E-state index in [-0.39, 0.29) is 11.3 Å². The molecule has 0 radical (unpaired) electrons. The van der Waals surface area contributed by atoms with Crippen LogP contribution in [0.2, 0.25) is 5.02 Å². The Labute approximate surface area is 164 Å². The summed E-state index contributed by atoms with van der Waals surface area (Å²) in [4.78, 5) is 24.4. The number of hydrazine groups is 1. The van der Waals surface area contributed by atoms with Gasteiger partial charge in [0, 0.05) is 10.6 Å². The number of hydrogen-bond acceptors (Lipinski definition) is 5. The average molecular weight is 406 g/mol. The maximum Gasteiger partial charge on any atom is 0.273 e. The van der Waals surface area contributed by atoms with Gasteiger partial charge in [-0.2, -0.15) is 5.10 Å². The minimum atomic E-state index is -0.466. The van der Waals surface area contributed by atoms with Gasteiger partial charge in [-0.25, -0.2) is 0 Å². The number of H-pyrrole nitrogens is 1. The molecule has 3 N–H and O–H groups in total. The molecule has 0 spiro atoms. The van der Waals surface area contributed by atoms with Gasteiger partial charge in [-0.05, 0) is 56.4 Å². The van der Waals surface area contributed by atoms with E-state index in [0.29, 0.717) is 27.9 Å². The molecule has 8 nitrogen and oxygen atoms in total. The fraction of sp³-hybridized carbons (Fsp3) is 0.176. The van der Waals surface area contributed by atoms with Crippen LogP contribution in [0.15, 0.2) is 34.7 Å².